The second-order valence-electron chi connectivity index (χ2n) is 8.90. The van der Waals surface area contributed by atoms with Crippen LogP contribution in [0.25, 0.3) is 0 Å². The SMILES string of the molecule is C=C/C(C)=C\C[C@H]1[C@](C)(OC)CCC2C(C)(C)CCC[C@@]21C. The summed E-state index contributed by atoms with van der Waals surface area (Å²) in [6.07, 6.45) is 12.1. The Morgan fingerprint density at radius 2 is 1.86 bits per heavy atom. The summed E-state index contributed by atoms with van der Waals surface area (Å²) in [5.74, 6) is 1.41. The van der Waals surface area contributed by atoms with Gasteiger partial charge in [-0.05, 0) is 68.6 Å². The largest absolute Gasteiger partial charge is 0.378 e. The Kier molecular flexibility index (Phi) is 4.97. The van der Waals surface area contributed by atoms with Crippen molar-refractivity contribution in [2.75, 3.05) is 7.11 Å². The third-order valence-corrected chi connectivity index (χ3v) is 7.20. The number of ether oxygens (including phenoxy) is 1. The van der Waals surface area contributed by atoms with Gasteiger partial charge in [-0.15, -0.1) is 0 Å². The first-order chi connectivity index (χ1) is 10.2. The van der Waals surface area contributed by atoms with Crippen LogP contribution in [0.4, 0.5) is 0 Å². The van der Waals surface area contributed by atoms with Crippen LogP contribution in [-0.2, 0) is 4.74 Å². The van der Waals surface area contributed by atoms with Gasteiger partial charge in [-0.2, -0.15) is 0 Å². The molecule has 0 heterocycles. The van der Waals surface area contributed by atoms with E-state index in [0.717, 1.165) is 12.3 Å². The smallest absolute Gasteiger partial charge is 0.0687 e. The quantitative estimate of drug-likeness (QED) is 0.565. The van der Waals surface area contributed by atoms with Crippen molar-refractivity contribution in [2.24, 2.45) is 22.7 Å². The zero-order chi connectivity index (χ0) is 16.6. The van der Waals surface area contributed by atoms with Gasteiger partial charge in [-0.3, -0.25) is 0 Å². The standard InChI is InChI=1S/C21H36O/c1-8-16(2)10-11-18-20(5)14-9-13-19(3,4)17(20)12-15-21(18,6)22-7/h8,10,17-18H,1,9,11-15H2,2-7H3/b16-10-/t17?,18-,20+,21-/m1/s1. The first-order valence-corrected chi connectivity index (χ1v) is 9.04. The highest BCUT2D eigenvalue weighted by molar-refractivity contribution is 5.16. The van der Waals surface area contributed by atoms with Crippen LogP contribution >= 0.6 is 0 Å². The average molecular weight is 305 g/mol. The Labute approximate surface area is 138 Å². The normalized spacial score (nSPS) is 41.8. The predicted octanol–water partition coefficient (Wildman–Crippen LogP) is 6.16. The van der Waals surface area contributed by atoms with Gasteiger partial charge in [-0.1, -0.05) is 51.5 Å². The van der Waals surface area contributed by atoms with E-state index in [9.17, 15) is 0 Å². The maximum atomic E-state index is 6.08. The molecular formula is C21H36O. The van der Waals surface area contributed by atoms with Crippen molar-refractivity contribution in [1.29, 1.82) is 0 Å². The van der Waals surface area contributed by atoms with E-state index in [1.165, 1.54) is 37.7 Å². The number of hydrogen-bond acceptors (Lipinski definition) is 1. The fourth-order valence-electron chi connectivity index (χ4n) is 5.76. The van der Waals surface area contributed by atoms with Crippen LogP contribution in [0.3, 0.4) is 0 Å². The molecule has 2 rings (SSSR count). The van der Waals surface area contributed by atoms with Gasteiger partial charge in [0.1, 0.15) is 0 Å². The molecule has 1 nitrogen and oxygen atoms in total. The number of fused-ring (bicyclic) bond motifs is 1. The van der Waals surface area contributed by atoms with E-state index in [1.807, 2.05) is 13.2 Å². The molecule has 0 bridgehead atoms. The molecule has 2 aliphatic rings. The molecule has 0 radical (unpaired) electrons. The fraction of sp³-hybridized carbons (Fsp3) is 0.810. The molecule has 0 aromatic rings. The molecular weight excluding hydrogens is 268 g/mol. The summed E-state index contributed by atoms with van der Waals surface area (Å²) in [6.45, 7) is 15.9. The van der Waals surface area contributed by atoms with E-state index in [4.69, 9.17) is 4.74 Å². The second-order valence-corrected chi connectivity index (χ2v) is 8.90. The third-order valence-electron chi connectivity index (χ3n) is 7.20. The zero-order valence-corrected chi connectivity index (χ0v) is 15.7. The Morgan fingerprint density at radius 1 is 1.18 bits per heavy atom. The number of rotatable bonds is 4. The fourth-order valence-corrected chi connectivity index (χ4v) is 5.76. The summed E-state index contributed by atoms with van der Waals surface area (Å²) in [4.78, 5) is 0. The maximum Gasteiger partial charge on any atom is 0.0687 e. The van der Waals surface area contributed by atoms with E-state index in [2.05, 4.69) is 47.3 Å². The van der Waals surface area contributed by atoms with Crippen molar-refractivity contribution in [1.82, 2.24) is 0 Å². The molecule has 0 saturated heterocycles. The van der Waals surface area contributed by atoms with Gasteiger partial charge in [0.25, 0.3) is 0 Å². The zero-order valence-electron chi connectivity index (χ0n) is 15.7. The highest BCUT2D eigenvalue weighted by Gasteiger charge is 2.58. The van der Waals surface area contributed by atoms with E-state index >= 15 is 0 Å². The van der Waals surface area contributed by atoms with Crippen LogP contribution in [0.15, 0.2) is 24.3 Å². The molecule has 2 aliphatic carbocycles. The first kappa shape index (κ1) is 17.8. The molecule has 1 unspecified atom stereocenters. The van der Waals surface area contributed by atoms with Gasteiger partial charge in [0.05, 0.1) is 5.60 Å². The van der Waals surface area contributed by atoms with Crippen LogP contribution in [-0.4, -0.2) is 12.7 Å². The topological polar surface area (TPSA) is 9.23 Å². The van der Waals surface area contributed by atoms with Gasteiger partial charge in [-0.25, -0.2) is 0 Å². The van der Waals surface area contributed by atoms with Crippen LogP contribution < -0.4 is 0 Å². The summed E-state index contributed by atoms with van der Waals surface area (Å²) < 4.78 is 6.08. The molecule has 22 heavy (non-hydrogen) atoms. The molecule has 0 aromatic carbocycles. The molecule has 0 amide bonds. The minimum absolute atomic E-state index is 0.0105. The lowest BCUT2D eigenvalue weighted by Gasteiger charge is -2.62. The van der Waals surface area contributed by atoms with Gasteiger partial charge in [0, 0.05) is 7.11 Å². The third kappa shape index (κ3) is 2.94. The second kappa shape index (κ2) is 6.15. The lowest BCUT2D eigenvalue weighted by atomic mass is 9.45. The summed E-state index contributed by atoms with van der Waals surface area (Å²) in [5, 5.41) is 0. The number of hydrogen-bond donors (Lipinski definition) is 0. The highest BCUT2D eigenvalue weighted by Crippen LogP contribution is 2.63. The predicted molar refractivity (Wildman–Crippen MR) is 95.9 cm³/mol. The van der Waals surface area contributed by atoms with E-state index in [1.54, 1.807) is 0 Å². The molecule has 0 aliphatic heterocycles. The molecule has 0 aromatic heterocycles. The number of methoxy groups -OCH3 is 1. The maximum absolute atomic E-state index is 6.08. The first-order valence-electron chi connectivity index (χ1n) is 9.04. The van der Waals surface area contributed by atoms with Crippen LogP contribution in [0.2, 0.25) is 0 Å². The average Bonchev–Trinajstić information content (AvgIpc) is 2.45. The lowest BCUT2D eigenvalue weighted by molar-refractivity contribution is -0.178. The van der Waals surface area contributed by atoms with Crippen molar-refractivity contribution < 1.29 is 4.74 Å². The molecule has 2 saturated carbocycles. The van der Waals surface area contributed by atoms with E-state index in [-0.39, 0.29) is 5.60 Å². The lowest BCUT2D eigenvalue weighted by Crippen LogP contribution is -2.58. The van der Waals surface area contributed by atoms with Crippen molar-refractivity contribution in [3.8, 4) is 0 Å². The van der Waals surface area contributed by atoms with Gasteiger partial charge < -0.3 is 4.74 Å². The molecule has 126 valence electrons. The summed E-state index contributed by atoms with van der Waals surface area (Å²) in [6, 6.07) is 0. The van der Waals surface area contributed by atoms with Crippen LogP contribution in [0.5, 0.6) is 0 Å². The van der Waals surface area contributed by atoms with Gasteiger partial charge in [0.2, 0.25) is 0 Å². The van der Waals surface area contributed by atoms with E-state index < -0.39 is 0 Å². The summed E-state index contributed by atoms with van der Waals surface area (Å²) in [7, 11) is 1.91. The van der Waals surface area contributed by atoms with Crippen molar-refractivity contribution in [2.45, 2.75) is 78.7 Å². The molecule has 2 fully saturated rings. The van der Waals surface area contributed by atoms with Crippen LogP contribution in [0, 0.1) is 22.7 Å². The minimum Gasteiger partial charge on any atom is -0.378 e. The van der Waals surface area contributed by atoms with Crippen molar-refractivity contribution >= 4 is 0 Å². The Bertz CT molecular complexity index is 447. The Morgan fingerprint density at radius 3 is 2.45 bits per heavy atom. The molecule has 1 heteroatoms. The Balaban J connectivity index is 2.39. The summed E-state index contributed by atoms with van der Waals surface area (Å²) >= 11 is 0. The Hall–Kier alpha value is -0.560. The van der Waals surface area contributed by atoms with Crippen molar-refractivity contribution in [3.63, 3.8) is 0 Å². The molecule has 0 N–H and O–H groups in total. The monoisotopic (exact) mass is 304 g/mol. The van der Waals surface area contributed by atoms with Gasteiger partial charge in [0.15, 0.2) is 0 Å². The van der Waals surface area contributed by atoms with E-state index in [0.29, 0.717) is 16.7 Å². The minimum atomic E-state index is 0.0105. The van der Waals surface area contributed by atoms with Crippen molar-refractivity contribution in [3.05, 3.63) is 24.3 Å². The molecule has 0 spiro atoms. The van der Waals surface area contributed by atoms with Crippen LogP contribution in [0.1, 0.15) is 73.1 Å². The van der Waals surface area contributed by atoms with Gasteiger partial charge >= 0.3 is 0 Å². The number of allylic oxidation sites excluding steroid dienone is 3. The molecule has 4 atom stereocenters. The summed E-state index contributed by atoms with van der Waals surface area (Å²) in [5.41, 5.74) is 2.16. The highest BCUT2D eigenvalue weighted by atomic mass is 16.5.